The molecule has 0 bridgehead atoms. The predicted octanol–water partition coefficient (Wildman–Crippen LogP) is 3.51. The van der Waals surface area contributed by atoms with Crippen LogP contribution in [0.25, 0.3) is 16.9 Å². The molecule has 0 aliphatic heterocycles. The summed E-state index contributed by atoms with van der Waals surface area (Å²) in [4.78, 5) is 16.2. The Morgan fingerprint density at radius 1 is 1.04 bits per heavy atom. The number of ether oxygens (including phenoxy) is 1. The van der Waals surface area contributed by atoms with E-state index in [0.29, 0.717) is 11.5 Å². The number of hydrogen-bond donors (Lipinski definition) is 2. The third-order valence-corrected chi connectivity index (χ3v) is 4.36. The summed E-state index contributed by atoms with van der Waals surface area (Å²) in [5, 5.41) is 10.4. The van der Waals surface area contributed by atoms with Gasteiger partial charge in [0.05, 0.1) is 12.8 Å². The summed E-state index contributed by atoms with van der Waals surface area (Å²) in [5.74, 6) is 1.13. The minimum absolute atomic E-state index is 0.125. The second-order valence-electron chi connectivity index (χ2n) is 6.13. The summed E-state index contributed by atoms with van der Waals surface area (Å²) >= 11 is 0. The van der Waals surface area contributed by atoms with Crippen LogP contribution in [0.1, 0.15) is 10.4 Å². The topological polar surface area (TPSA) is 80.5 Å². The first-order valence-electron chi connectivity index (χ1n) is 8.77. The number of hydrogen-bond acceptors (Lipinski definition) is 5. The highest BCUT2D eigenvalue weighted by molar-refractivity contribution is 5.94. The fraction of sp³-hybridized carbons (Fsp3) is 0.0952. The summed E-state index contributed by atoms with van der Waals surface area (Å²) in [7, 11) is 3.25. The van der Waals surface area contributed by atoms with Crippen LogP contribution < -0.4 is 15.4 Å². The molecule has 2 aromatic heterocycles. The first kappa shape index (κ1) is 17.5. The highest BCUT2D eigenvalue weighted by Gasteiger charge is 2.10. The Morgan fingerprint density at radius 2 is 1.82 bits per heavy atom. The van der Waals surface area contributed by atoms with Crippen molar-refractivity contribution in [3.8, 4) is 17.0 Å². The number of carbonyl (C=O) groups excluding carboxylic acids is 1. The monoisotopic (exact) mass is 373 g/mol. The molecule has 4 aromatic rings. The fourth-order valence-corrected chi connectivity index (χ4v) is 2.94. The van der Waals surface area contributed by atoms with Gasteiger partial charge in [-0.25, -0.2) is 4.52 Å². The smallest absolute Gasteiger partial charge is 0.251 e. The predicted molar refractivity (Wildman–Crippen MR) is 108 cm³/mol. The van der Waals surface area contributed by atoms with Crippen LogP contribution in [0.15, 0.2) is 66.7 Å². The van der Waals surface area contributed by atoms with Crippen LogP contribution in [0.3, 0.4) is 0 Å². The van der Waals surface area contributed by atoms with Gasteiger partial charge < -0.3 is 15.4 Å². The summed E-state index contributed by atoms with van der Waals surface area (Å²) in [5.41, 5.74) is 4.01. The highest BCUT2D eigenvalue weighted by Crippen LogP contribution is 2.25. The van der Waals surface area contributed by atoms with Crippen molar-refractivity contribution in [2.24, 2.45) is 0 Å². The Bertz CT molecular complexity index is 1140. The molecule has 1 amide bonds. The van der Waals surface area contributed by atoms with E-state index in [1.54, 1.807) is 30.8 Å². The minimum Gasteiger partial charge on any atom is -0.497 e. The zero-order valence-electron chi connectivity index (χ0n) is 15.5. The van der Waals surface area contributed by atoms with Gasteiger partial charge in [0.25, 0.3) is 5.91 Å². The Morgan fingerprint density at radius 3 is 2.57 bits per heavy atom. The number of methoxy groups -OCH3 is 1. The van der Waals surface area contributed by atoms with Gasteiger partial charge in [-0.05, 0) is 48.5 Å². The molecule has 0 spiro atoms. The molecule has 7 heteroatoms. The third kappa shape index (κ3) is 3.37. The number of rotatable bonds is 5. The van der Waals surface area contributed by atoms with Gasteiger partial charge in [-0.15, -0.1) is 5.10 Å². The van der Waals surface area contributed by atoms with Crippen molar-refractivity contribution in [1.82, 2.24) is 19.9 Å². The van der Waals surface area contributed by atoms with Crippen molar-refractivity contribution < 1.29 is 9.53 Å². The molecule has 0 aliphatic carbocycles. The summed E-state index contributed by atoms with van der Waals surface area (Å²) in [6.07, 6.45) is 0. The lowest BCUT2D eigenvalue weighted by atomic mass is 10.1. The van der Waals surface area contributed by atoms with Gasteiger partial charge in [0.2, 0.25) is 5.95 Å². The molecule has 0 aliphatic rings. The molecule has 140 valence electrons. The maximum Gasteiger partial charge on any atom is 0.251 e. The Hall–Kier alpha value is -3.87. The molecule has 4 rings (SSSR count). The lowest BCUT2D eigenvalue weighted by molar-refractivity contribution is 0.0963. The largest absolute Gasteiger partial charge is 0.497 e. The van der Waals surface area contributed by atoms with Crippen LogP contribution in [-0.4, -0.2) is 34.7 Å². The second-order valence-corrected chi connectivity index (χ2v) is 6.13. The molecule has 0 atom stereocenters. The zero-order chi connectivity index (χ0) is 19.5. The van der Waals surface area contributed by atoms with Crippen molar-refractivity contribution in [3.05, 3.63) is 72.3 Å². The average molecular weight is 373 g/mol. The molecule has 0 unspecified atom stereocenters. The van der Waals surface area contributed by atoms with E-state index in [1.807, 2.05) is 54.6 Å². The van der Waals surface area contributed by atoms with Crippen molar-refractivity contribution in [2.45, 2.75) is 0 Å². The maximum absolute atomic E-state index is 11.6. The van der Waals surface area contributed by atoms with E-state index in [4.69, 9.17) is 4.74 Å². The number of nitrogens with one attached hydrogen (secondary N) is 2. The third-order valence-electron chi connectivity index (χ3n) is 4.36. The van der Waals surface area contributed by atoms with E-state index in [-0.39, 0.29) is 5.91 Å². The van der Waals surface area contributed by atoms with Gasteiger partial charge in [0.1, 0.15) is 5.75 Å². The first-order valence-corrected chi connectivity index (χ1v) is 8.77. The lowest BCUT2D eigenvalue weighted by Gasteiger charge is -2.06. The van der Waals surface area contributed by atoms with Crippen molar-refractivity contribution >= 4 is 23.2 Å². The van der Waals surface area contributed by atoms with E-state index < -0.39 is 0 Å². The van der Waals surface area contributed by atoms with Crippen LogP contribution >= 0.6 is 0 Å². The van der Waals surface area contributed by atoms with Crippen molar-refractivity contribution in [2.75, 3.05) is 19.5 Å². The molecule has 2 aromatic carbocycles. The Labute approximate surface area is 162 Å². The van der Waals surface area contributed by atoms with E-state index in [9.17, 15) is 4.79 Å². The second kappa shape index (κ2) is 7.40. The number of aromatic nitrogens is 3. The van der Waals surface area contributed by atoms with Crippen LogP contribution in [0.2, 0.25) is 0 Å². The SMILES string of the molecule is CNC(=O)c1ccc(Nc2nc3cccc(-c4cccc(OC)c4)n3n2)cc1. The molecule has 28 heavy (non-hydrogen) atoms. The van der Waals surface area contributed by atoms with Crippen molar-refractivity contribution in [1.29, 1.82) is 0 Å². The number of anilines is 2. The fourth-order valence-electron chi connectivity index (χ4n) is 2.94. The Balaban J connectivity index is 1.66. The molecular weight excluding hydrogens is 354 g/mol. The van der Waals surface area contributed by atoms with E-state index in [1.165, 1.54) is 0 Å². The maximum atomic E-state index is 11.6. The molecule has 7 nitrogen and oxygen atoms in total. The van der Waals surface area contributed by atoms with Crippen LogP contribution in [0, 0.1) is 0 Å². The van der Waals surface area contributed by atoms with Crippen LogP contribution in [-0.2, 0) is 0 Å². The molecule has 2 N–H and O–H groups in total. The summed E-state index contributed by atoms with van der Waals surface area (Å²) < 4.78 is 7.11. The molecule has 0 radical (unpaired) electrons. The van der Waals surface area contributed by atoms with Gasteiger partial charge in [0, 0.05) is 23.9 Å². The highest BCUT2D eigenvalue weighted by atomic mass is 16.5. The van der Waals surface area contributed by atoms with E-state index in [0.717, 1.165) is 28.3 Å². The van der Waals surface area contributed by atoms with E-state index >= 15 is 0 Å². The normalized spacial score (nSPS) is 10.6. The van der Waals surface area contributed by atoms with Crippen LogP contribution in [0.5, 0.6) is 5.75 Å². The van der Waals surface area contributed by atoms with Gasteiger partial charge in [-0.1, -0.05) is 18.2 Å². The molecule has 0 saturated heterocycles. The minimum atomic E-state index is -0.125. The number of benzene rings is 2. The zero-order valence-corrected chi connectivity index (χ0v) is 15.5. The first-order chi connectivity index (χ1) is 13.7. The summed E-state index contributed by atoms with van der Waals surface area (Å²) in [6, 6.07) is 20.8. The number of pyridine rings is 1. The average Bonchev–Trinajstić information content (AvgIpc) is 3.16. The van der Waals surface area contributed by atoms with Gasteiger partial charge in [-0.2, -0.15) is 4.98 Å². The van der Waals surface area contributed by atoms with Crippen LogP contribution in [0.4, 0.5) is 11.6 Å². The standard InChI is InChI=1S/C21H19N5O2/c1-22-20(27)14-9-11-16(12-10-14)23-21-24-19-8-4-7-18(26(19)25-21)15-5-3-6-17(13-15)28-2/h3-13H,1-2H3,(H,22,27)(H,23,25). The van der Waals surface area contributed by atoms with E-state index in [2.05, 4.69) is 20.7 Å². The molecule has 2 heterocycles. The number of nitrogens with zero attached hydrogens (tertiary/aromatic N) is 3. The number of carbonyl (C=O) groups is 1. The van der Waals surface area contributed by atoms with Gasteiger partial charge >= 0.3 is 0 Å². The molecular formula is C21H19N5O2. The Kier molecular flexibility index (Phi) is 4.63. The van der Waals surface area contributed by atoms with Gasteiger partial charge in [0.15, 0.2) is 5.65 Å². The number of fused-ring (bicyclic) bond motifs is 1. The van der Waals surface area contributed by atoms with Gasteiger partial charge in [-0.3, -0.25) is 4.79 Å². The summed E-state index contributed by atoms with van der Waals surface area (Å²) in [6.45, 7) is 0. The molecule has 0 saturated carbocycles. The quantitative estimate of drug-likeness (QED) is 0.560. The molecule has 0 fully saturated rings. The lowest BCUT2D eigenvalue weighted by Crippen LogP contribution is -2.17. The van der Waals surface area contributed by atoms with Crippen molar-refractivity contribution in [3.63, 3.8) is 0 Å². The number of amides is 1.